The summed E-state index contributed by atoms with van der Waals surface area (Å²) >= 11 is 0. The summed E-state index contributed by atoms with van der Waals surface area (Å²) in [6, 6.07) is 6.74. The molecule has 0 amide bonds. The van der Waals surface area contributed by atoms with E-state index in [-0.39, 0.29) is 24.4 Å². The predicted octanol–water partition coefficient (Wildman–Crippen LogP) is -0.616. The lowest BCUT2D eigenvalue weighted by Crippen LogP contribution is -2.71. The van der Waals surface area contributed by atoms with Crippen molar-refractivity contribution >= 4 is 17.6 Å². The van der Waals surface area contributed by atoms with E-state index < -0.39 is 17.7 Å². The number of hydroxylamine groups is 2. The monoisotopic (exact) mass is 302 g/mol. The van der Waals surface area contributed by atoms with Crippen molar-refractivity contribution in [3.63, 3.8) is 0 Å². The first-order chi connectivity index (χ1) is 10.5. The zero-order valence-corrected chi connectivity index (χ0v) is 12.1. The Balaban J connectivity index is 2.00. The van der Waals surface area contributed by atoms with Gasteiger partial charge in [0.1, 0.15) is 12.1 Å². The molecule has 1 aromatic rings. The van der Waals surface area contributed by atoms with E-state index in [1.807, 2.05) is 31.2 Å². The number of aliphatic hydroxyl groups is 1. The van der Waals surface area contributed by atoms with Crippen molar-refractivity contribution in [2.45, 2.75) is 30.6 Å². The highest BCUT2D eigenvalue weighted by atomic mass is 16.5. The van der Waals surface area contributed by atoms with E-state index in [0.29, 0.717) is 0 Å². The molecular formula is C14H18N6O2. The molecule has 0 fully saturated rings. The minimum atomic E-state index is -0.979. The number of hydrogen-bond donors (Lipinski definition) is 4. The van der Waals surface area contributed by atoms with Crippen molar-refractivity contribution in [2.24, 2.45) is 21.5 Å². The van der Waals surface area contributed by atoms with E-state index in [2.05, 4.69) is 9.98 Å². The Kier molecular flexibility index (Phi) is 2.50. The smallest absolute Gasteiger partial charge is 0.218 e. The Morgan fingerprint density at radius 1 is 1.23 bits per heavy atom. The van der Waals surface area contributed by atoms with Gasteiger partial charge >= 0.3 is 0 Å². The maximum atomic E-state index is 10.7. The Bertz CT molecular complexity index is 704. The summed E-state index contributed by atoms with van der Waals surface area (Å²) in [6.45, 7) is 1.78. The van der Waals surface area contributed by atoms with Crippen LogP contribution in [0.4, 0.5) is 5.69 Å². The van der Waals surface area contributed by atoms with E-state index in [9.17, 15) is 10.3 Å². The van der Waals surface area contributed by atoms with Crippen LogP contribution in [0, 0.1) is 0 Å². The number of benzene rings is 1. The number of hydrogen-bond acceptors (Lipinski definition) is 8. The Morgan fingerprint density at radius 2 is 1.95 bits per heavy atom. The molecule has 0 aliphatic carbocycles. The molecule has 1 aromatic carbocycles. The molecule has 4 rings (SSSR count). The zero-order valence-electron chi connectivity index (χ0n) is 12.1. The van der Waals surface area contributed by atoms with Crippen LogP contribution >= 0.6 is 0 Å². The third-order valence-electron chi connectivity index (χ3n) is 4.98. The summed E-state index contributed by atoms with van der Waals surface area (Å²) < 4.78 is 0. The highest BCUT2D eigenvalue weighted by Crippen LogP contribution is 2.54. The summed E-state index contributed by atoms with van der Waals surface area (Å²) in [5.41, 5.74) is 13.0. The summed E-state index contributed by atoms with van der Waals surface area (Å²) in [5.74, 6) is 0.139. The number of aliphatic imine (C=N–C) groups is 2. The van der Waals surface area contributed by atoms with Crippen LogP contribution in [0.5, 0.6) is 0 Å². The number of aliphatic hydroxyl groups excluding tert-OH is 1. The molecule has 3 heterocycles. The largest absolute Gasteiger partial charge is 0.394 e. The zero-order chi connectivity index (χ0) is 15.6. The lowest BCUT2D eigenvalue weighted by molar-refractivity contribution is -0.111. The third-order valence-corrected chi connectivity index (χ3v) is 4.98. The second-order valence-corrected chi connectivity index (χ2v) is 5.88. The van der Waals surface area contributed by atoms with Gasteiger partial charge in [-0.15, -0.1) is 0 Å². The van der Waals surface area contributed by atoms with E-state index >= 15 is 0 Å². The van der Waals surface area contributed by atoms with Gasteiger partial charge in [0.15, 0.2) is 11.6 Å². The van der Waals surface area contributed by atoms with Crippen molar-refractivity contribution in [2.75, 3.05) is 11.5 Å². The molecular weight excluding hydrogens is 284 g/mol. The lowest BCUT2D eigenvalue weighted by atomic mass is 9.82. The van der Waals surface area contributed by atoms with Gasteiger partial charge in [-0.05, 0) is 11.6 Å². The fourth-order valence-corrected chi connectivity index (χ4v) is 4.06. The van der Waals surface area contributed by atoms with Crippen LogP contribution in [0.3, 0.4) is 0 Å². The predicted molar refractivity (Wildman–Crippen MR) is 81.6 cm³/mol. The Labute approximate surface area is 127 Å². The molecule has 116 valence electrons. The molecule has 3 aliphatic heterocycles. The highest BCUT2D eigenvalue weighted by Gasteiger charge is 2.66. The number of para-hydroxylation sites is 1. The van der Waals surface area contributed by atoms with Crippen LogP contribution in [0.15, 0.2) is 34.3 Å². The summed E-state index contributed by atoms with van der Waals surface area (Å²) in [5, 5.41) is 21.3. The molecule has 4 atom stereocenters. The average molecular weight is 302 g/mol. The van der Waals surface area contributed by atoms with Gasteiger partial charge in [-0.1, -0.05) is 25.1 Å². The van der Waals surface area contributed by atoms with Crippen LogP contribution < -0.4 is 16.4 Å². The minimum Gasteiger partial charge on any atom is -0.394 e. The number of nitrogens with two attached hydrogens (primary N) is 2. The molecule has 0 saturated heterocycles. The van der Waals surface area contributed by atoms with Gasteiger partial charge in [0.2, 0.25) is 5.96 Å². The van der Waals surface area contributed by atoms with Crippen molar-refractivity contribution in [1.29, 1.82) is 0 Å². The van der Waals surface area contributed by atoms with Gasteiger partial charge in [-0.3, -0.25) is 10.1 Å². The second kappa shape index (κ2) is 4.11. The number of guanidine groups is 2. The Morgan fingerprint density at radius 3 is 2.68 bits per heavy atom. The van der Waals surface area contributed by atoms with Crippen LogP contribution in [0.2, 0.25) is 0 Å². The normalized spacial score (nSPS) is 35.7. The van der Waals surface area contributed by atoms with Crippen molar-refractivity contribution in [1.82, 2.24) is 5.06 Å². The first-order valence-corrected chi connectivity index (χ1v) is 7.19. The molecule has 0 aromatic heterocycles. The topological polar surface area (TPSA) is 124 Å². The number of nitrogens with zero attached hydrogens (tertiary/aromatic N) is 4. The van der Waals surface area contributed by atoms with Gasteiger partial charge in [-0.25, -0.2) is 9.98 Å². The third kappa shape index (κ3) is 1.25. The van der Waals surface area contributed by atoms with Gasteiger partial charge < -0.3 is 16.6 Å². The summed E-state index contributed by atoms with van der Waals surface area (Å²) in [4.78, 5) is 10.5. The first-order valence-electron chi connectivity index (χ1n) is 7.19. The molecule has 22 heavy (non-hydrogen) atoms. The molecule has 0 radical (unpaired) electrons. The van der Waals surface area contributed by atoms with Crippen molar-refractivity contribution < 1.29 is 10.3 Å². The van der Waals surface area contributed by atoms with Crippen LogP contribution in [-0.4, -0.2) is 51.6 Å². The quantitative estimate of drug-likeness (QED) is 0.548. The van der Waals surface area contributed by atoms with Gasteiger partial charge in [0.25, 0.3) is 0 Å². The molecule has 4 unspecified atom stereocenters. The average Bonchev–Trinajstić information content (AvgIpc) is 2.94. The van der Waals surface area contributed by atoms with E-state index in [4.69, 9.17) is 11.5 Å². The molecule has 1 spiro atoms. The van der Waals surface area contributed by atoms with Crippen molar-refractivity contribution in [3.05, 3.63) is 29.8 Å². The number of anilines is 1. The molecule has 6 N–H and O–H groups in total. The standard InChI is InChI=1S/C14H18N6O2/c1-7-8-4-2-3-5-10(8)19-12(15)17-9(6-21)11-14(7,19)20(22)13(16)18-11/h2-5,7,9,11,21-22H,6H2,1H3,(H2,15,17)(H2,16,18). The SMILES string of the molecule is CC1c2ccccc2N2C(N)=NC(CO)C3N=C(N)N(O)C132. The fraction of sp³-hybridized carbons (Fsp3) is 0.429. The fourth-order valence-electron chi connectivity index (χ4n) is 4.06. The van der Waals surface area contributed by atoms with Gasteiger partial charge in [0.05, 0.1) is 12.3 Å². The van der Waals surface area contributed by atoms with Crippen LogP contribution in [-0.2, 0) is 0 Å². The van der Waals surface area contributed by atoms with Gasteiger partial charge in [-0.2, -0.15) is 5.06 Å². The lowest BCUT2D eigenvalue weighted by Gasteiger charge is -2.49. The summed E-state index contributed by atoms with van der Waals surface area (Å²) in [6.07, 6.45) is 0. The molecule has 3 aliphatic rings. The highest BCUT2D eigenvalue weighted by molar-refractivity contribution is 6.02. The van der Waals surface area contributed by atoms with Crippen molar-refractivity contribution in [3.8, 4) is 0 Å². The maximum absolute atomic E-state index is 10.7. The van der Waals surface area contributed by atoms with E-state index in [1.165, 1.54) is 0 Å². The number of fused-ring (bicyclic) bond motifs is 2. The van der Waals surface area contributed by atoms with Crippen LogP contribution in [0.1, 0.15) is 18.4 Å². The summed E-state index contributed by atoms with van der Waals surface area (Å²) in [7, 11) is 0. The maximum Gasteiger partial charge on any atom is 0.218 e. The van der Waals surface area contributed by atoms with E-state index in [1.54, 1.807) is 4.90 Å². The molecule has 0 saturated carbocycles. The number of rotatable bonds is 1. The van der Waals surface area contributed by atoms with E-state index in [0.717, 1.165) is 16.3 Å². The first kappa shape index (κ1) is 13.4. The Hall–Kier alpha value is -2.32. The molecule has 8 heteroatoms. The molecule has 0 bridgehead atoms. The minimum absolute atomic E-state index is 0.0120. The second-order valence-electron chi connectivity index (χ2n) is 5.88. The molecule has 8 nitrogen and oxygen atoms in total. The van der Waals surface area contributed by atoms with Gasteiger partial charge in [0, 0.05) is 5.92 Å². The van der Waals surface area contributed by atoms with Crippen LogP contribution in [0.25, 0.3) is 0 Å².